The molecule has 0 fully saturated rings. The summed E-state index contributed by atoms with van der Waals surface area (Å²) in [7, 11) is 0. The first-order valence-corrected chi connectivity index (χ1v) is 8.53. The maximum absolute atomic E-state index is 12.8. The van der Waals surface area contributed by atoms with Gasteiger partial charge in [-0.2, -0.15) is 0 Å². The third-order valence-electron chi connectivity index (χ3n) is 4.49. The van der Waals surface area contributed by atoms with Crippen molar-refractivity contribution < 1.29 is 0 Å². The molecule has 0 atom stereocenters. The molecule has 0 aliphatic carbocycles. The quantitative estimate of drug-likeness (QED) is 0.534. The largest absolute Gasteiger partial charge is 0.309 e. The van der Waals surface area contributed by atoms with Gasteiger partial charge in [0.25, 0.3) is 0 Å². The Bertz CT molecular complexity index is 1090. The molecule has 4 rings (SSSR count). The molecule has 0 saturated heterocycles. The topological polar surface area (TPSA) is 34.9 Å². The molecule has 3 heteroatoms. The summed E-state index contributed by atoms with van der Waals surface area (Å²) in [4.78, 5) is 16.9. The van der Waals surface area contributed by atoms with Crippen LogP contribution in [0.1, 0.15) is 5.56 Å². The second-order valence-electron chi connectivity index (χ2n) is 6.14. The first kappa shape index (κ1) is 16.0. The smallest absolute Gasteiger partial charge is 0.185 e. The fourth-order valence-corrected chi connectivity index (χ4v) is 3.22. The zero-order chi connectivity index (χ0) is 17.9. The van der Waals surface area contributed by atoms with Crippen molar-refractivity contribution in [1.82, 2.24) is 9.55 Å². The summed E-state index contributed by atoms with van der Waals surface area (Å²) < 4.78 is 2.15. The predicted octanol–water partition coefficient (Wildman–Crippen LogP) is 4.87. The molecular weight excluding hydrogens is 320 g/mol. The maximum atomic E-state index is 12.8. The van der Waals surface area contributed by atoms with Gasteiger partial charge in [0, 0.05) is 35.3 Å². The van der Waals surface area contributed by atoms with Gasteiger partial charge < -0.3 is 4.57 Å². The van der Waals surface area contributed by atoms with Crippen molar-refractivity contribution >= 4 is 0 Å². The number of hydrogen-bond acceptors (Lipinski definition) is 2. The van der Waals surface area contributed by atoms with Crippen molar-refractivity contribution in [2.24, 2.45) is 0 Å². The van der Waals surface area contributed by atoms with Gasteiger partial charge in [-0.1, -0.05) is 48.5 Å². The van der Waals surface area contributed by atoms with E-state index in [9.17, 15) is 4.79 Å². The van der Waals surface area contributed by atoms with Crippen LogP contribution in [0.4, 0.5) is 0 Å². The lowest BCUT2D eigenvalue weighted by Gasteiger charge is -2.21. The molecule has 0 radical (unpaired) electrons. The van der Waals surface area contributed by atoms with E-state index in [-0.39, 0.29) is 5.43 Å². The van der Waals surface area contributed by atoms with Crippen LogP contribution in [-0.2, 0) is 0 Å². The third kappa shape index (κ3) is 2.84. The number of nitrogens with zero attached hydrogens (tertiary/aromatic N) is 2. The molecule has 0 aliphatic rings. The Morgan fingerprint density at radius 2 is 1.38 bits per heavy atom. The van der Waals surface area contributed by atoms with E-state index >= 15 is 0 Å². The van der Waals surface area contributed by atoms with Crippen LogP contribution in [0.2, 0.25) is 0 Å². The van der Waals surface area contributed by atoms with Gasteiger partial charge >= 0.3 is 0 Å². The summed E-state index contributed by atoms with van der Waals surface area (Å²) in [6.45, 7) is 1.88. The highest BCUT2D eigenvalue weighted by Gasteiger charge is 2.16. The van der Waals surface area contributed by atoms with Gasteiger partial charge in [0.2, 0.25) is 0 Å². The van der Waals surface area contributed by atoms with E-state index in [2.05, 4.69) is 21.7 Å². The summed E-state index contributed by atoms with van der Waals surface area (Å²) in [6.07, 6.45) is 3.51. The number of rotatable bonds is 3. The fraction of sp³-hybridized carbons (Fsp3) is 0.0435. The van der Waals surface area contributed by atoms with Crippen molar-refractivity contribution in [3.8, 4) is 28.2 Å². The summed E-state index contributed by atoms with van der Waals surface area (Å²) in [6, 6.07) is 25.7. The first-order valence-electron chi connectivity index (χ1n) is 8.53. The van der Waals surface area contributed by atoms with Crippen molar-refractivity contribution in [2.75, 3.05) is 0 Å². The number of hydrogen-bond donors (Lipinski definition) is 0. The van der Waals surface area contributed by atoms with Crippen LogP contribution in [0.3, 0.4) is 0 Å². The second kappa shape index (κ2) is 6.81. The number of para-hydroxylation sites is 1. The summed E-state index contributed by atoms with van der Waals surface area (Å²) >= 11 is 0. The minimum Gasteiger partial charge on any atom is -0.309 e. The Labute approximate surface area is 152 Å². The van der Waals surface area contributed by atoms with Crippen molar-refractivity contribution in [2.45, 2.75) is 6.92 Å². The molecule has 0 saturated carbocycles. The van der Waals surface area contributed by atoms with Crippen LogP contribution in [0, 0.1) is 6.92 Å². The summed E-state index contributed by atoms with van der Waals surface area (Å²) in [5.41, 5.74) is 5.51. The van der Waals surface area contributed by atoms with Gasteiger partial charge in [-0.05, 0) is 36.8 Å². The third-order valence-corrected chi connectivity index (χ3v) is 4.49. The number of aromatic nitrogens is 2. The van der Waals surface area contributed by atoms with Crippen molar-refractivity contribution in [3.63, 3.8) is 0 Å². The SMILES string of the molecule is Cc1c(-c2ccncc2)n(-c2ccccc2)c(-c2ccccc2)cc1=O. The first-order chi connectivity index (χ1) is 12.8. The second-order valence-corrected chi connectivity index (χ2v) is 6.14. The van der Waals surface area contributed by atoms with Crippen LogP contribution in [0.5, 0.6) is 0 Å². The summed E-state index contributed by atoms with van der Waals surface area (Å²) in [5, 5.41) is 0. The lowest BCUT2D eigenvalue weighted by atomic mass is 10.0. The minimum atomic E-state index is 0.0304. The van der Waals surface area contributed by atoms with E-state index in [0.717, 1.165) is 33.8 Å². The molecular formula is C23H18N2O. The van der Waals surface area contributed by atoms with E-state index in [1.165, 1.54) is 0 Å². The average molecular weight is 338 g/mol. The molecule has 0 unspecified atom stereocenters. The van der Waals surface area contributed by atoms with Crippen LogP contribution in [-0.4, -0.2) is 9.55 Å². The Morgan fingerprint density at radius 1 is 0.769 bits per heavy atom. The molecule has 0 aliphatic heterocycles. The van der Waals surface area contributed by atoms with Crippen molar-refractivity contribution in [1.29, 1.82) is 0 Å². The zero-order valence-corrected chi connectivity index (χ0v) is 14.5. The Hall–Kier alpha value is -3.46. The van der Waals surface area contributed by atoms with Crippen molar-refractivity contribution in [3.05, 3.63) is 107 Å². The van der Waals surface area contributed by atoms with E-state index in [1.54, 1.807) is 18.5 Å². The van der Waals surface area contributed by atoms with Gasteiger partial charge in [0.05, 0.1) is 11.4 Å². The summed E-state index contributed by atoms with van der Waals surface area (Å²) in [5.74, 6) is 0. The number of pyridine rings is 2. The predicted molar refractivity (Wildman–Crippen MR) is 105 cm³/mol. The zero-order valence-electron chi connectivity index (χ0n) is 14.5. The van der Waals surface area contributed by atoms with Gasteiger partial charge in [-0.15, -0.1) is 0 Å². The highest BCUT2D eigenvalue weighted by Crippen LogP contribution is 2.30. The molecule has 2 aromatic heterocycles. The molecule has 0 bridgehead atoms. The van der Waals surface area contributed by atoms with Gasteiger partial charge in [0.1, 0.15) is 0 Å². The lowest BCUT2D eigenvalue weighted by molar-refractivity contribution is 1.04. The molecule has 3 nitrogen and oxygen atoms in total. The standard InChI is InChI=1S/C23H18N2O/c1-17-22(26)16-21(18-8-4-2-5-9-18)25(20-10-6-3-7-11-20)23(17)19-12-14-24-15-13-19/h2-16H,1H3. The molecule has 4 aromatic rings. The Balaban J connectivity index is 2.14. The lowest BCUT2D eigenvalue weighted by Crippen LogP contribution is -2.15. The van der Waals surface area contributed by atoms with Crippen LogP contribution >= 0.6 is 0 Å². The Kier molecular flexibility index (Phi) is 4.20. The molecule has 0 amide bonds. The molecule has 2 heterocycles. The van der Waals surface area contributed by atoms with E-state index < -0.39 is 0 Å². The van der Waals surface area contributed by atoms with Gasteiger partial charge in [-0.25, -0.2) is 0 Å². The maximum Gasteiger partial charge on any atom is 0.185 e. The monoisotopic (exact) mass is 338 g/mol. The molecule has 126 valence electrons. The van der Waals surface area contributed by atoms with E-state index in [4.69, 9.17) is 0 Å². The minimum absolute atomic E-state index is 0.0304. The van der Waals surface area contributed by atoms with Gasteiger partial charge in [-0.3, -0.25) is 9.78 Å². The number of benzene rings is 2. The van der Waals surface area contributed by atoms with Crippen LogP contribution in [0.25, 0.3) is 28.2 Å². The Morgan fingerprint density at radius 3 is 2.04 bits per heavy atom. The highest BCUT2D eigenvalue weighted by atomic mass is 16.1. The van der Waals surface area contributed by atoms with Crippen LogP contribution in [0.15, 0.2) is 96.1 Å². The molecule has 0 spiro atoms. The van der Waals surface area contributed by atoms with E-state index in [0.29, 0.717) is 0 Å². The molecule has 26 heavy (non-hydrogen) atoms. The average Bonchev–Trinajstić information content (AvgIpc) is 2.71. The molecule has 2 aromatic carbocycles. The molecule has 0 N–H and O–H groups in total. The van der Waals surface area contributed by atoms with E-state index in [1.807, 2.05) is 67.6 Å². The fourth-order valence-electron chi connectivity index (χ4n) is 3.22. The van der Waals surface area contributed by atoms with Crippen LogP contribution < -0.4 is 5.43 Å². The highest BCUT2D eigenvalue weighted by molar-refractivity contribution is 5.73. The van der Waals surface area contributed by atoms with Gasteiger partial charge in [0.15, 0.2) is 5.43 Å². The normalized spacial score (nSPS) is 10.7.